The first kappa shape index (κ1) is 23.4. The van der Waals surface area contributed by atoms with E-state index in [0.717, 1.165) is 12.1 Å². The van der Waals surface area contributed by atoms with Gasteiger partial charge in [-0.15, -0.1) is 0 Å². The van der Waals surface area contributed by atoms with Gasteiger partial charge in [-0.05, 0) is 12.1 Å². The molecule has 0 amide bonds. The summed E-state index contributed by atoms with van der Waals surface area (Å²) in [6.07, 6.45) is 0. The second-order valence-electron chi connectivity index (χ2n) is 6.29. The van der Waals surface area contributed by atoms with Crippen LogP contribution in [0.1, 0.15) is 20.7 Å². The number of carbonyl (C=O) groups is 2. The monoisotopic (exact) mass is 472 g/mol. The Morgan fingerprint density at radius 2 is 0.839 bits per heavy atom. The molecule has 154 valence electrons. The van der Waals surface area contributed by atoms with Gasteiger partial charge < -0.3 is 30.6 Å². The van der Waals surface area contributed by atoms with Crippen LogP contribution in [0.15, 0.2) is 60.7 Å². The van der Waals surface area contributed by atoms with E-state index in [1.54, 1.807) is 48.5 Å². The Balaban J connectivity index is 0.000000213. The molecule has 0 aliphatic carbocycles. The third-order valence-corrected chi connectivity index (χ3v) is 4.45. The molecule has 0 aromatic heterocycles. The quantitative estimate of drug-likeness (QED) is 0.189. The van der Waals surface area contributed by atoms with E-state index in [9.17, 15) is 30.0 Å². The van der Waals surface area contributed by atoms with E-state index >= 15 is 0 Å². The van der Waals surface area contributed by atoms with E-state index in [4.69, 9.17) is 10.2 Å². The summed E-state index contributed by atoms with van der Waals surface area (Å²) in [7, 11) is 0. The summed E-state index contributed by atoms with van der Waals surface area (Å²) in [5.41, 5.74) is -0.600. The first-order valence-electron chi connectivity index (χ1n) is 8.56. The minimum atomic E-state index is -1.27. The summed E-state index contributed by atoms with van der Waals surface area (Å²) in [6.45, 7) is 0. The molecule has 9 heteroatoms. The van der Waals surface area contributed by atoms with Gasteiger partial charge in [-0.1, -0.05) is 48.5 Å². The number of phenolic OH excluding ortho intramolecular Hbond substituents is 2. The fraction of sp³-hybridized carbons (Fsp3) is 0. The van der Waals surface area contributed by atoms with E-state index < -0.39 is 11.9 Å². The molecule has 0 bridgehead atoms. The van der Waals surface area contributed by atoms with E-state index in [1.165, 1.54) is 0 Å². The standard InChI is InChI=1S/2C11H8O4.Zn/c2*12-9-5-8(11(14)15)10(13)7-4-2-1-3-6(7)9;/h2*1-5,12-13H,(H,14,15);. The molecule has 4 aromatic carbocycles. The number of aromatic hydroxyl groups is 4. The summed E-state index contributed by atoms with van der Waals surface area (Å²) in [6, 6.07) is 15.1. The van der Waals surface area contributed by atoms with Crippen molar-refractivity contribution in [3.8, 4) is 23.0 Å². The smallest absolute Gasteiger partial charge is 0.339 e. The topological polar surface area (TPSA) is 156 Å². The molecule has 0 aliphatic rings. The Morgan fingerprint density at radius 1 is 0.548 bits per heavy atom. The second-order valence-corrected chi connectivity index (χ2v) is 6.29. The van der Waals surface area contributed by atoms with Crippen molar-refractivity contribution >= 4 is 33.5 Å². The first-order valence-corrected chi connectivity index (χ1v) is 8.56. The van der Waals surface area contributed by atoms with E-state index in [1.807, 2.05) is 0 Å². The van der Waals surface area contributed by atoms with Gasteiger partial charge in [0.15, 0.2) is 0 Å². The summed E-state index contributed by atoms with van der Waals surface area (Å²) in [5.74, 6) is -3.49. The van der Waals surface area contributed by atoms with Crippen LogP contribution in [0.5, 0.6) is 23.0 Å². The van der Waals surface area contributed by atoms with Crippen LogP contribution in [0.25, 0.3) is 21.5 Å². The molecule has 0 atom stereocenters. The Kier molecular flexibility index (Phi) is 7.05. The maximum absolute atomic E-state index is 10.7. The molecule has 0 fully saturated rings. The van der Waals surface area contributed by atoms with Crippen LogP contribution in [0.2, 0.25) is 0 Å². The molecule has 0 spiro atoms. The van der Waals surface area contributed by atoms with Crippen molar-refractivity contribution in [1.29, 1.82) is 0 Å². The van der Waals surface area contributed by atoms with Crippen LogP contribution in [0.3, 0.4) is 0 Å². The van der Waals surface area contributed by atoms with E-state index in [-0.39, 0.29) is 53.6 Å². The molecule has 0 unspecified atom stereocenters. The minimum absolute atomic E-state index is 0. The molecule has 0 heterocycles. The van der Waals surface area contributed by atoms with Crippen molar-refractivity contribution in [3.63, 3.8) is 0 Å². The number of phenols is 4. The molecule has 0 aliphatic heterocycles. The SMILES string of the molecule is O=C(O)c1cc(O)c2ccccc2c1O.O=C(O)c1cc(O)c2ccccc2c1O.[Zn]. The average molecular weight is 474 g/mol. The Labute approximate surface area is 188 Å². The Morgan fingerprint density at radius 3 is 1.13 bits per heavy atom. The number of rotatable bonds is 2. The van der Waals surface area contributed by atoms with Crippen LogP contribution >= 0.6 is 0 Å². The molecular weight excluding hydrogens is 458 g/mol. The predicted molar refractivity (Wildman–Crippen MR) is 108 cm³/mol. The normalized spacial score (nSPS) is 10.1. The zero-order chi connectivity index (χ0) is 22.0. The number of fused-ring (bicyclic) bond motifs is 2. The van der Waals surface area contributed by atoms with Gasteiger partial charge in [0.1, 0.15) is 34.1 Å². The number of hydrogen-bond acceptors (Lipinski definition) is 6. The van der Waals surface area contributed by atoms with Gasteiger partial charge in [-0.3, -0.25) is 0 Å². The largest absolute Gasteiger partial charge is 0.507 e. The zero-order valence-electron chi connectivity index (χ0n) is 16.0. The van der Waals surface area contributed by atoms with Gasteiger partial charge in [0.25, 0.3) is 0 Å². The van der Waals surface area contributed by atoms with Gasteiger partial charge >= 0.3 is 11.9 Å². The van der Waals surface area contributed by atoms with Gasteiger partial charge in [0.2, 0.25) is 0 Å². The molecule has 8 nitrogen and oxygen atoms in total. The molecule has 0 saturated heterocycles. The molecule has 31 heavy (non-hydrogen) atoms. The van der Waals surface area contributed by atoms with Crippen LogP contribution in [0.4, 0.5) is 0 Å². The molecular formula is C22H16O8Zn. The van der Waals surface area contributed by atoms with Crippen LogP contribution < -0.4 is 0 Å². The molecule has 4 aromatic rings. The maximum Gasteiger partial charge on any atom is 0.339 e. The van der Waals surface area contributed by atoms with Crippen LogP contribution in [0, 0.1) is 0 Å². The maximum atomic E-state index is 10.7. The van der Waals surface area contributed by atoms with Crippen molar-refractivity contribution < 1.29 is 59.7 Å². The number of benzene rings is 4. The Hall–Kier alpha value is -3.84. The van der Waals surface area contributed by atoms with Gasteiger partial charge in [0, 0.05) is 41.0 Å². The fourth-order valence-corrected chi connectivity index (χ4v) is 3.01. The van der Waals surface area contributed by atoms with E-state index in [0.29, 0.717) is 21.5 Å². The van der Waals surface area contributed by atoms with Crippen molar-refractivity contribution in [2.75, 3.05) is 0 Å². The van der Waals surface area contributed by atoms with Crippen molar-refractivity contribution in [2.24, 2.45) is 0 Å². The molecule has 6 N–H and O–H groups in total. The first-order chi connectivity index (χ1) is 14.2. The minimum Gasteiger partial charge on any atom is -0.507 e. The van der Waals surface area contributed by atoms with E-state index in [2.05, 4.69) is 0 Å². The van der Waals surface area contributed by atoms with Crippen molar-refractivity contribution in [3.05, 3.63) is 71.8 Å². The second kappa shape index (κ2) is 9.32. The summed E-state index contributed by atoms with van der Waals surface area (Å²) in [5, 5.41) is 57.5. The van der Waals surface area contributed by atoms with Crippen LogP contribution in [-0.4, -0.2) is 42.6 Å². The zero-order valence-corrected chi connectivity index (χ0v) is 18.9. The number of aromatic carboxylic acids is 2. The molecule has 0 radical (unpaired) electrons. The summed E-state index contributed by atoms with van der Waals surface area (Å²) >= 11 is 0. The van der Waals surface area contributed by atoms with Gasteiger partial charge in [-0.2, -0.15) is 0 Å². The van der Waals surface area contributed by atoms with Crippen LogP contribution in [-0.2, 0) is 19.5 Å². The molecule has 4 rings (SSSR count). The van der Waals surface area contributed by atoms with Crippen molar-refractivity contribution in [1.82, 2.24) is 0 Å². The predicted octanol–water partition coefficient (Wildman–Crippen LogP) is 3.90. The fourth-order valence-electron chi connectivity index (χ4n) is 3.01. The Bertz CT molecular complexity index is 1200. The third-order valence-electron chi connectivity index (χ3n) is 4.45. The third kappa shape index (κ3) is 4.52. The van der Waals surface area contributed by atoms with Crippen molar-refractivity contribution in [2.45, 2.75) is 0 Å². The van der Waals surface area contributed by atoms with Gasteiger partial charge in [0.05, 0.1) is 0 Å². The summed E-state index contributed by atoms with van der Waals surface area (Å²) in [4.78, 5) is 21.5. The number of carboxylic acids is 2. The number of carboxylic acid groups (broad SMARTS) is 2. The average Bonchev–Trinajstić information content (AvgIpc) is 2.73. The summed E-state index contributed by atoms with van der Waals surface area (Å²) < 4.78 is 0. The van der Waals surface area contributed by atoms with Gasteiger partial charge in [-0.25, -0.2) is 9.59 Å². The number of hydrogen-bond donors (Lipinski definition) is 6. The molecule has 0 saturated carbocycles.